The number of rotatable bonds is 7. The third-order valence-corrected chi connectivity index (χ3v) is 5.25. The summed E-state index contributed by atoms with van der Waals surface area (Å²) >= 11 is 6.66. The van der Waals surface area contributed by atoms with Crippen LogP contribution in [-0.2, 0) is 19.6 Å². The van der Waals surface area contributed by atoms with Crippen molar-refractivity contribution in [3.05, 3.63) is 94.9 Å². The third kappa shape index (κ3) is 4.19. The van der Waals surface area contributed by atoms with E-state index in [4.69, 9.17) is 16.3 Å². The number of ether oxygens (including phenoxy) is 1. The summed E-state index contributed by atoms with van der Waals surface area (Å²) < 4.78 is 5.27. The molecule has 0 radical (unpaired) electrons. The SMILES string of the molecule is COc1ccc(CN(Cc2ccncc2)Cc2[nH]c3ccccc3c2Cl)cc1. The van der Waals surface area contributed by atoms with Crippen molar-refractivity contribution < 1.29 is 4.74 Å². The Morgan fingerprint density at radius 2 is 1.57 bits per heavy atom. The van der Waals surface area contributed by atoms with E-state index < -0.39 is 0 Å². The van der Waals surface area contributed by atoms with Crippen molar-refractivity contribution in [2.45, 2.75) is 19.6 Å². The first-order valence-corrected chi connectivity index (χ1v) is 9.60. The quantitative estimate of drug-likeness (QED) is 0.457. The number of halogens is 1. The van der Waals surface area contributed by atoms with Gasteiger partial charge in [-0.2, -0.15) is 0 Å². The van der Waals surface area contributed by atoms with E-state index >= 15 is 0 Å². The van der Waals surface area contributed by atoms with Crippen LogP contribution in [0.1, 0.15) is 16.8 Å². The molecule has 5 heteroatoms. The van der Waals surface area contributed by atoms with Gasteiger partial charge in [0.15, 0.2) is 0 Å². The van der Waals surface area contributed by atoms with Crippen molar-refractivity contribution in [3.63, 3.8) is 0 Å². The van der Waals surface area contributed by atoms with Crippen LogP contribution < -0.4 is 4.74 Å². The molecule has 4 aromatic rings. The van der Waals surface area contributed by atoms with E-state index in [1.807, 2.05) is 54.9 Å². The highest BCUT2D eigenvalue weighted by Crippen LogP contribution is 2.29. The fourth-order valence-corrected chi connectivity index (χ4v) is 3.67. The third-order valence-electron chi connectivity index (χ3n) is 4.82. The number of H-pyrrole nitrogens is 1. The number of aromatic nitrogens is 2. The molecule has 0 saturated heterocycles. The molecule has 4 nitrogen and oxygen atoms in total. The van der Waals surface area contributed by atoms with Crippen LogP contribution in [0.4, 0.5) is 0 Å². The Morgan fingerprint density at radius 1 is 0.893 bits per heavy atom. The zero-order valence-electron chi connectivity index (χ0n) is 15.7. The molecule has 2 heterocycles. The zero-order chi connectivity index (χ0) is 19.3. The normalized spacial score (nSPS) is 11.2. The van der Waals surface area contributed by atoms with E-state index in [-0.39, 0.29) is 0 Å². The lowest BCUT2D eigenvalue weighted by Gasteiger charge is -2.22. The number of methoxy groups -OCH3 is 1. The van der Waals surface area contributed by atoms with E-state index in [9.17, 15) is 0 Å². The van der Waals surface area contributed by atoms with Crippen molar-refractivity contribution in [2.75, 3.05) is 7.11 Å². The monoisotopic (exact) mass is 391 g/mol. The standard InChI is InChI=1S/C23H22ClN3O/c1-28-19-8-6-17(7-9-19)14-27(15-18-10-12-25-13-11-18)16-22-23(24)20-4-2-3-5-21(20)26-22/h2-13,26H,14-16H2,1H3. The van der Waals surface area contributed by atoms with Gasteiger partial charge in [0.1, 0.15) is 5.75 Å². The first-order chi connectivity index (χ1) is 13.7. The molecule has 28 heavy (non-hydrogen) atoms. The molecule has 0 fully saturated rings. The number of aromatic amines is 1. The highest BCUT2D eigenvalue weighted by molar-refractivity contribution is 6.36. The van der Waals surface area contributed by atoms with Gasteiger partial charge in [-0.1, -0.05) is 41.9 Å². The molecule has 0 saturated carbocycles. The summed E-state index contributed by atoms with van der Waals surface area (Å²) in [6, 6.07) is 20.4. The second-order valence-corrected chi connectivity index (χ2v) is 7.19. The molecule has 1 N–H and O–H groups in total. The van der Waals surface area contributed by atoms with Gasteiger partial charge in [-0.15, -0.1) is 0 Å². The predicted molar refractivity (Wildman–Crippen MR) is 113 cm³/mol. The van der Waals surface area contributed by atoms with Crippen LogP contribution >= 0.6 is 11.6 Å². The summed E-state index contributed by atoms with van der Waals surface area (Å²) in [5, 5.41) is 1.86. The maximum absolute atomic E-state index is 6.66. The highest BCUT2D eigenvalue weighted by Gasteiger charge is 2.14. The first-order valence-electron chi connectivity index (χ1n) is 9.22. The Labute approximate surface area is 169 Å². The molecule has 2 aromatic heterocycles. The van der Waals surface area contributed by atoms with Crippen molar-refractivity contribution in [2.24, 2.45) is 0 Å². The van der Waals surface area contributed by atoms with Gasteiger partial charge in [0.2, 0.25) is 0 Å². The van der Waals surface area contributed by atoms with Gasteiger partial charge < -0.3 is 9.72 Å². The Balaban J connectivity index is 1.60. The molecule has 0 aliphatic carbocycles. The molecule has 0 aliphatic rings. The van der Waals surface area contributed by atoms with E-state index in [1.54, 1.807) is 7.11 Å². The average Bonchev–Trinajstić information content (AvgIpc) is 3.05. The van der Waals surface area contributed by atoms with E-state index in [1.165, 1.54) is 11.1 Å². The average molecular weight is 392 g/mol. The van der Waals surface area contributed by atoms with E-state index in [0.29, 0.717) is 0 Å². The lowest BCUT2D eigenvalue weighted by Crippen LogP contribution is -2.22. The predicted octanol–water partition coefficient (Wildman–Crippen LogP) is 5.43. The van der Waals surface area contributed by atoms with Gasteiger partial charge in [-0.3, -0.25) is 9.88 Å². The fourth-order valence-electron chi connectivity index (χ4n) is 3.40. The Bertz CT molecular complexity index is 1040. The number of hydrogen-bond acceptors (Lipinski definition) is 3. The number of benzene rings is 2. The summed E-state index contributed by atoms with van der Waals surface area (Å²) in [5.41, 5.74) is 4.54. The molecule has 4 rings (SSSR count). The summed E-state index contributed by atoms with van der Waals surface area (Å²) in [4.78, 5) is 9.97. The van der Waals surface area contributed by atoms with Gasteiger partial charge in [-0.25, -0.2) is 0 Å². The second kappa shape index (κ2) is 8.46. The number of nitrogens with zero attached hydrogens (tertiary/aromatic N) is 2. The summed E-state index contributed by atoms with van der Waals surface area (Å²) in [6.45, 7) is 2.33. The smallest absolute Gasteiger partial charge is 0.118 e. The van der Waals surface area contributed by atoms with Crippen LogP contribution in [0.5, 0.6) is 5.75 Å². The van der Waals surface area contributed by atoms with Crippen molar-refractivity contribution in [1.29, 1.82) is 0 Å². The van der Waals surface area contributed by atoms with Crippen LogP contribution in [0.25, 0.3) is 10.9 Å². The summed E-state index contributed by atoms with van der Waals surface area (Å²) in [6.07, 6.45) is 3.66. The Kier molecular flexibility index (Phi) is 5.60. The minimum atomic E-state index is 0.724. The number of para-hydroxylation sites is 1. The van der Waals surface area contributed by atoms with Crippen LogP contribution in [0, 0.1) is 0 Å². The number of hydrogen-bond donors (Lipinski definition) is 1. The van der Waals surface area contributed by atoms with Gasteiger partial charge in [0, 0.05) is 48.6 Å². The van der Waals surface area contributed by atoms with Crippen LogP contribution in [0.2, 0.25) is 5.02 Å². The number of nitrogens with one attached hydrogen (secondary N) is 1. The van der Waals surface area contributed by atoms with Gasteiger partial charge in [0.05, 0.1) is 12.1 Å². The molecular formula is C23H22ClN3O. The van der Waals surface area contributed by atoms with E-state index in [2.05, 4.69) is 33.1 Å². The molecule has 0 amide bonds. The molecule has 0 unspecified atom stereocenters. The summed E-state index contributed by atoms with van der Waals surface area (Å²) in [7, 11) is 1.68. The van der Waals surface area contributed by atoms with E-state index in [0.717, 1.165) is 47.0 Å². The second-order valence-electron chi connectivity index (χ2n) is 6.81. The fraction of sp³-hybridized carbons (Fsp3) is 0.174. The maximum Gasteiger partial charge on any atom is 0.118 e. The molecule has 142 valence electrons. The largest absolute Gasteiger partial charge is 0.497 e. The zero-order valence-corrected chi connectivity index (χ0v) is 16.5. The number of fused-ring (bicyclic) bond motifs is 1. The van der Waals surface area contributed by atoms with Gasteiger partial charge in [-0.05, 0) is 41.5 Å². The van der Waals surface area contributed by atoms with Crippen molar-refractivity contribution in [3.8, 4) is 5.75 Å². The number of pyridine rings is 1. The van der Waals surface area contributed by atoms with Crippen LogP contribution in [-0.4, -0.2) is 22.0 Å². The molecular weight excluding hydrogens is 370 g/mol. The molecule has 0 spiro atoms. The lowest BCUT2D eigenvalue weighted by molar-refractivity contribution is 0.245. The molecule has 2 aromatic carbocycles. The highest BCUT2D eigenvalue weighted by atomic mass is 35.5. The molecule has 0 aliphatic heterocycles. The first kappa shape index (κ1) is 18.5. The lowest BCUT2D eigenvalue weighted by atomic mass is 10.1. The summed E-state index contributed by atoms with van der Waals surface area (Å²) in [5.74, 6) is 0.864. The van der Waals surface area contributed by atoms with Gasteiger partial charge in [0.25, 0.3) is 0 Å². The van der Waals surface area contributed by atoms with Crippen molar-refractivity contribution in [1.82, 2.24) is 14.9 Å². The Morgan fingerprint density at radius 3 is 2.25 bits per heavy atom. The van der Waals surface area contributed by atoms with Crippen LogP contribution in [0.15, 0.2) is 73.1 Å². The van der Waals surface area contributed by atoms with Gasteiger partial charge >= 0.3 is 0 Å². The molecule has 0 bridgehead atoms. The minimum Gasteiger partial charge on any atom is -0.497 e. The van der Waals surface area contributed by atoms with Crippen LogP contribution in [0.3, 0.4) is 0 Å². The van der Waals surface area contributed by atoms with Crippen molar-refractivity contribution >= 4 is 22.5 Å². The topological polar surface area (TPSA) is 41.1 Å². The molecule has 0 atom stereocenters. The Hall–Kier alpha value is -2.82. The minimum absolute atomic E-state index is 0.724. The maximum atomic E-state index is 6.66.